The smallest absolute Gasteiger partial charge is 0.409 e. The summed E-state index contributed by atoms with van der Waals surface area (Å²) in [5.74, 6) is 0. The summed E-state index contributed by atoms with van der Waals surface area (Å²) in [4.78, 5) is 15.8. The van der Waals surface area contributed by atoms with Crippen molar-refractivity contribution < 1.29 is 9.53 Å². The summed E-state index contributed by atoms with van der Waals surface area (Å²) in [5.41, 5.74) is 5.34. The lowest BCUT2D eigenvalue weighted by Gasteiger charge is -2.28. The number of aryl methyl sites for hydroxylation is 2. The van der Waals surface area contributed by atoms with Crippen LogP contribution >= 0.6 is 0 Å². The fraction of sp³-hybridized carbons (Fsp3) is 0.381. The van der Waals surface area contributed by atoms with Crippen LogP contribution < -0.4 is 4.90 Å². The molecule has 3 rings (SSSR count). The first-order chi connectivity index (χ1) is 12.2. The molecule has 1 aliphatic heterocycles. The Kier molecular flexibility index (Phi) is 5.59. The molecule has 25 heavy (non-hydrogen) atoms. The van der Waals surface area contributed by atoms with Crippen LogP contribution in [0.2, 0.25) is 0 Å². The summed E-state index contributed by atoms with van der Waals surface area (Å²) in [5, 5.41) is 0. The molecule has 1 amide bonds. The molecule has 132 valence electrons. The molecule has 0 saturated carbocycles. The van der Waals surface area contributed by atoms with Gasteiger partial charge in [0.15, 0.2) is 0 Å². The summed E-state index contributed by atoms with van der Waals surface area (Å²) >= 11 is 0. The highest BCUT2D eigenvalue weighted by Gasteiger charge is 2.20. The molecule has 0 radical (unpaired) electrons. The number of anilines is 2. The van der Waals surface area contributed by atoms with Gasteiger partial charge >= 0.3 is 6.09 Å². The van der Waals surface area contributed by atoms with E-state index in [1.54, 1.807) is 11.9 Å². The molecular weight excluding hydrogens is 312 g/mol. The lowest BCUT2D eigenvalue weighted by atomic mass is 10.0. The molecule has 0 fully saturated rings. The lowest BCUT2D eigenvalue weighted by Crippen LogP contribution is -2.31. The predicted octanol–water partition coefficient (Wildman–Crippen LogP) is 4.40. The Hall–Kier alpha value is -2.49. The highest BCUT2D eigenvalue weighted by Crippen LogP contribution is 2.35. The van der Waals surface area contributed by atoms with Gasteiger partial charge in [-0.15, -0.1) is 0 Å². The van der Waals surface area contributed by atoms with E-state index >= 15 is 0 Å². The van der Waals surface area contributed by atoms with E-state index in [2.05, 4.69) is 53.4 Å². The second-order valence-corrected chi connectivity index (χ2v) is 6.38. The zero-order valence-electron chi connectivity index (χ0n) is 15.1. The molecule has 1 aliphatic rings. The van der Waals surface area contributed by atoms with Gasteiger partial charge in [0, 0.05) is 31.5 Å². The standard InChI is InChI=1S/C21H26N2O2/c1-3-25-21(24)22(2)15-8-16-23-19-11-6-4-9-17(19)13-14-18-10-5-7-12-20(18)23/h4-7,9-12H,3,8,13-16H2,1-2H3. The van der Waals surface area contributed by atoms with E-state index in [1.165, 1.54) is 22.5 Å². The number of ether oxygens (including phenoxy) is 1. The Morgan fingerprint density at radius 2 is 1.60 bits per heavy atom. The van der Waals surface area contributed by atoms with Crippen LogP contribution in [-0.2, 0) is 17.6 Å². The third kappa shape index (κ3) is 3.95. The van der Waals surface area contributed by atoms with Crippen molar-refractivity contribution in [1.82, 2.24) is 4.90 Å². The van der Waals surface area contributed by atoms with E-state index in [0.717, 1.165) is 25.8 Å². The molecule has 4 nitrogen and oxygen atoms in total. The molecular formula is C21H26N2O2. The van der Waals surface area contributed by atoms with Gasteiger partial charge < -0.3 is 14.5 Å². The predicted molar refractivity (Wildman–Crippen MR) is 102 cm³/mol. The van der Waals surface area contributed by atoms with Crippen molar-refractivity contribution in [3.63, 3.8) is 0 Å². The van der Waals surface area contributed by atoms with E-state index in [-0.39, 0.29) is 6.09 Å². The Balaban J connectivity index is 1.77. The Bertz CT molecular complexity index is 682. The average Bonchev–Trinajstić information content (AvgIpc) is 2.79. The van der Waals surface area contributed by atoms with Crippen LogP contribution in [0.4, 0.5) is 16.2 Å². The van der Waals surface area contributed by atoms with Gasteiger partial charge in [0.05, 0.1) is 6.61 Å². The topological polar surface area (TPSA) is 32.8 Å². The Labute approximate surface area is 150 Å². The maximum absolute atomic E-state index is 11.8. The first-order valence-corrected chi connectivity index (χ1v) is 9.02. The molecule has 1 heterocycles. The van der Waals surface area contributed by atoms with Crippen LogP contribution in [0, 0.1) is 0 Å². The van der Waals surface area contributed by atoms with Gasteiger partial charge in [-0.3, -0.25) is 0 Å². The van der Waals surface area contributed by atoms with Crippen LogP contribution in [0.5, 0.6) is 0 Å². The highest BCUT2D eigenvalue weighted by molar-refractivity contribution is 5.71. The van der Waals surface area contributed by atoms with Crippen molar-refractivity contribution in [2.45, 2.75) is 26.2 Å². The van der Waals surface area contributed by atoms with E-state index < -0.39 is 0 Å². The number of para-hydroxylation sites is 2. The van der Waals surface area contributed by atoms with Crippen molar-refractivity contribution >= 4 is 17.5 Å². The summed E-state index contributed by atoms with van der Waals surface area (Å²) in [6.45, 7) is 3.80. The van der Waals surface area contributed by atoms with Gasteiger partial charge in [-0.1, -0.05) is 36.4 Å². The van der Waals surface area contributed by atoms with Gasteiger partial charge in [-0.05, 0) is 49.4 Å². The van der Waals surface area contributed by atoms with Gasteiger partial charge in [0.25, 0.3) is 0 Å². The number of carbonyl (C=O) groups is 1. The zero-order valence-corrected chi connectivity index (χ0v) is 15.1. The minimum atomic E-state index is -0.251. The molecule has 2 aromatic rings. The Morgan fingerprint density at radius 3 is 2.16 bits per heavy atom. The second kappa shape index (κ2) is 8.06. The van der Waals surface area contributed by atoms with Crippen molar-refractivity contribution in [2.24, 2.45) is 0 Å². The number of fused-ring (bicyclic) bond motifs is 2. The van der Waals surface area contributed by atoms with Gasteiger partial charge in [0.2, 0.25) is 0 Å². The fourth-order valence-corrected chi connectivity index (χ4v) is 3.40. The van der Waals surface area contributed by atoms with Crippen molar-refractivity contribution in [3.8, 4) is 0 Å². The molecule has 0 atom stereocenters. The van der Waals surface area contributed by atoms with Crippen LogP contribution in [0.3, 0.4) is 0 Å². The number of amides is 1. The number of hydrogen-bond acceptors (Lipinski definition) is 3. The summed E-state index contributed by atoms with van der Waals surface area (Å²) in [6.07, 6.45) is 2.76. The highest BCUT2D eigenvalue weighted by atomic mass is 16.5. The van der Waals surface area contributed by atoms with Crippen molar-refractivity contribution in [2.75, 3.05) is 31.6 Å². The first kappa shape index (κ1) is 17.3. The SMILES string of the molecule is CCOC(=O)N(C)CCCN1c2ccccc2CCc2ccccc21. The maximum Gasteiger partial charge on any atom is 0.409 e. The quantitative estimate of drug-likeness (QED) is 0.810. The third-order valence-electron chi connectivity index (χ3n) is 4.68. The van der Waals surface area contributed by atoms with E-state index in [4.69, 9.17) is 4.74 Å². The monoisotopic (exact) mass is 338 g/mol. The van der Waals surface area contributed by atoms with E-state index in [9.17, 15) is 4.79 Å². The van der Waals surface area contributed by atoms with Crippen LogP contribution in [0.1, 0.15) is 24.5 Å². The molecule has 4 heteroatoms. The number of nitrogens with zero attached hydrogens (tertiary/aromatic N) is 2. The fourth-order valence-electron chi connectivity index (χ4n) is 3.40. The molecule has 0 N–H and O–H groups in total. The second-order valence-electron chi connectivity index (χ2n) is 6.38. The molecule has 0 spiro atoms. The average molecular weight is 338 g/mol. The van der Waals surface area contributed by atoms with E-state index in [0.29, 0.717) is 13.2 Å². The molecule has 2 aromatic carbocycles. The zero-order chi connectivity index (χ0) is 17.6. The largest absolute Gasteiger partial charge is 0.450 e. The number of hydrogen-bond donors (Lipinski definition) is 0. The number of carbonyl (C=O) groups excluding carboxylic acids is 1. The summed E-state index contributed by atoms with van der Waals surface area (Å²) in [7, 11) is 1.79. The normalized spacial score (nSPS) is 12.8. The molecule has 0 saturated heterocycles. The molecule has 0 aromatic heterocycles. The van der Waals surface area contributed by atoms with Gasteiger partial charge in [0.1, 0.15) is 0 Å². The van der Waals surface area contributed by atoms with Crippen LogP contribution in [0.15, 0.2) is 48.5 Å². The molecule has 0 aliphatic carbocycles. The first-order valence-electron chi connectivity index (χ1n) is 9.02. The number of benzene rings is 2. The van der Waals surface area contributed by atoms with E-state index in [1.807, 2.05) is 6.92 Å². The van der Waals surface area contributed by atoms with Gasteiger partial charge in [-0.25, -0.2) is 4.79 Å². The maximum atomic E-state index is 11.8. The lowest BCUT2D eigenvalue weighted by molar-refractivity contribution is 0.116. The minimum Gasteiger partial charge on any atom is -0.450 e. The van der Waals surface area contributed by atoms with Crippen molar-refractivity contribution in [1.29, 1.82) is 0 Å². The third-order valence-corrected chi connectivity index (χ3v) is 4.68. The number of rotatable bonds is 5. The van der Waals surface area contributed by atoms with Crippen molar-refractivity contribution in [3.05, 3.63) is 59.7 Å². The summed E-state index contributed by atoms with van der Waals surface area (Å²) < 4.78 is 5.05. The van der Waals surface area contributed by atoms with Crippen LogP contribution in [-0.4, -0.2) is 37.7 Å². The summed E-state index contributed by atoms with van der Waals surface area (Å²) in [6, 6.07) is 17.3. The molecule has 0 unspecified atom stereocenters. The van der Waals surface area contributed by atoms with Gasteiger partial charge in [-0.2, -0.15) is 0 Å². The molecule has 0 bridgehead atoms. The minimum absolute atomic E-state index is 0.251. The Morgan fingerprint density at radius 1 is 1.04 bits per heavy atom. The van der Waals surface area contributed by atoms with Crippen LogP contribution in [0.25, 0.3) is 0 Å².